The van der Waals surface area contributed by atoms with Crippen LogP contribution in [0, 0.1) is 6.92 Å². The molecule has 0 aliphatic heterocycles. The number of carbonyl (C=O) groups excluding carboxylic acids is 1. The van der Waals surface area contributed by atoms with Crippen LogP contribution >= 0.6 is 11.3 Å². The van der Waals surface area contributed by atoms with Gasteiger partial charge in [0.25, 0.3) is 5.56 Å². The fourth-order valence-electron chi connectivity index (χ4n) is 3.36. The first-order valence-corrected chi connectivity index (χ1v) is 10.8. The second-order valence-electron chi connectivity index (χ2n) is 7.37. The van der Waals surface area contributed by atoms with Crippen LogP contribution in [0.4, 0.5) is 5.69 Å². The van der Waals surface area contributed by atoms with E-state index in [1.165, 1.54) is 27.8 Å². The Balaban J connectivity index is 1.67. The topological polar surface area (TPSA) is 64.0 Å². The average Bonchev–Trinajstić information content (AvgIpc) is 3.19. The van der Waals surface area contributed by atoms with Crippen LogP contribution in [0.1, 0.15) is 31.0 Å². The van der Waals surface area contributed by atoms with Crippen molar-refractivity contribution >= 4 is 33.1 Å². The number of aromatic nitrogens is 2. The summed E-state index contributed by atoms with van der Waals surface area (Å²) in [5, 5.41) is 5.40. The van der Waals surface area contributed by atoms with Crippen molar-refractivity contribution in [3.05, 3.63) is 81.7 Å². The molecule has 152 valence electrons. The Bertz CT molecular complexity index is 1250. The summed E-state index contributed by atoms with van der Waals surface area (Å²) < 4.78 is 1.41. The van der Waals surface area contributed by atoms with Crippen LogP contribution in [0.5, 0.6) is 0 Å². The predicted molar refractivity (Wildman–Crippen MR) is 123 cm³/mol. The van der Waals surface area contributed by atoms with E-state index in [1.54, 1.807) is 6.92 Å². The van der Waals surface area contributed by atoms with Crippen molar-refractivity contribution in [1.82, 2.24) is 9.55 Å². The third-order valence-corrected chi connectivity index (χ3v) is 6.19. The van der Waals surface area contributed by atoms with Crippen LogP contribution in [0.2, 0.25) is 0 Å². The largest absolute Gasteiger partial charge is 0.324 e. The number of benzene rings is 2. The number of hydrogen-bond acceptors (Lipinski definition) is 4. The molecule has 0 unspecified atom stereocenters. The van der Waals surface area contributed by atoms with E-state index in [2.05, 4.69) is 17.2 Å². The number of aryl methyl sites for hydroxylation is 2. The first kappa shape index (κ1) is 20.0. The molecule has 2 aromatic carbocycles. The van der Waals surface area contributed by atoms with Crippen molar-refractivity contribution in [1.29, 1.82) is 0 Å². The van der Waals surface area contributed by atoms with Gasteiger partial charge in [0.1, 0.15) is 10.9 Å². The molecule has 0 bridgehead atoms. The summed E-state index contributed by atoms with van der Waals surface area (Å²) in [6, 6.07) is 15.1. The Morgan fingerprint density at radius 3 is 2.50 bits per heavy atom. The van der Waals surface area contributed by atoms with Crippen LogP contribution in [-0.2, 0) is 11.2 Å². The van der Waals surface area contributed by atoms with Crippen molar-refractivity contribution in [2.24, 2.45) is 0 Å². The summed E-state index contributed by atoms with van der Waals surface area (Å²) in [6.45, 7) is 5.82. The zero-order valence-corrected chi connectivity index (χ0v) is 18.0. The van der Waals surface area contributed by atoms with Crippen molar-refractivity contribution < 1.29 is 4.79 Å². The highest BCUT2D eigenvalue weighted by Crippen LogP contribution is 2.31. The second kappa shape index (κ2) is 8.24. The highest BCUT2D eigenvalue weighted by atomic mass is 32.1. The smallest absolute Gasteiger partial charge is 0.263 e. The minimum Gasteiger partial charge on any atom is -0.324 e. The Labute approximate surface area is 179 Å². The van der Waals surface area contributed by atoms with Gasteiger partial charge in [-0.2, -0.15) is 0 Å². The van der Waals surface area contributed by atoms with Crippen LogP contribution in [0.15, 0.2) is 65.0 Å². The van der Waals surface area contributed by atoms with Crippen molar-refractivity contribution in [2.75, 3.05) is 5.32 Å². The maximum atomic E-state index is 13.3. The third-order valence-electron chi connectivity index (χ3n) is 5.31. The molecule has 1 atom stereocenters. The summed E-state index contributed by atoms with van der Waals surface area (Å²) in [5.41, 5.74) is 4.68. The summed E-state index contributed by atoms with van der Waals surface area (Å²) >= 11 is 1.44. The molecule has 4 rings (SSSR count). The van der Waals surface area contributed by atoms with Gasteiger partial charge in [0.05, 0.1) is 11.7 Å². The molecule has 0 aliphatic rings. The zero-order chi connectivity index (χ0) is 21.3. The van der Waals surface area contributed by atoms with E-state index in [-0.39, 0.29) is 11.5 Å². The summed E-state index contributed by atoms with van der Waals surface area (Å²) in [7, 11) is 0. The number of nitrogens with zero attached hydrogens (tertiary/aromatic N) is 2. The number of anilines is 1. The molecule has 0 saturated heterocycles. The van der Waals surface area contributed by atoms with Gasteiger partial charge in [0.2, 0.25) is 5.91 Å². The summed E-state index contributed by atoms with van der Waals surface area (Å²) in [5.74, 6) is -0.255. The lowest BCUT2D eigenvalue weighted by atomic mass is 10.0. The van der Waals surface area contributed by atoms with Gasteiger partial charge < -0.3 is 5.32 Å². The van der Waals surface area contributed by atoms with E-state index < -0.39 is 6.04 Å². The van der Waals surface area contributed by atoms with E-state index in [9.17, 15) is 9.59 Å². The van der Waals surface area contributed by atoms with E-state index in [0.29, 0.717) is 15.9 Å². The van der Waals surface area contributed by atoms with E-state index in [0.717, 1.165) is 23.1 Å². The Hall–Kier alpha value is -3.25. The number of thiophene rings is 1. The minimum atomic E-state index is -0.689. The van der Waals surface area contributed by atoms with Gasteiger partial charge >= 0.3 is 0 Å². The Morgan fingerprint density at radius 2 is 1.83 bits per heavy atom. The first-order chi connectivity index (χ1) is 14.5. The highest BCUT2D eigenvalue weighted by molar-refractivity contribution is 7.17. The maximum Gasteiger partial charge on any atom is 0.263 e. The normalized spacial score (nSPS) is 12.1. The lowest BCUT2D eigenvalue weighted by Crippen LogP contribution is -2.31. The fraction of sp³-hybridized carbons (Fsp3) is 0.208. The number of amides is 1. The molecule has 0 radical (unpaired) electrons. The molecule has 0 spiro atoms. The SMILES string of the molecule is CCc1ccc(NC(=O)[C@H](C)n2cnc3scc(-c4ccc(C)cc4)c3c2=O)cc1. The third kappa shape index (κ3) is 3.78. The van der Waals surface area contributed by atoms with Gasteiger partial charge in [-0.25, -0.2) is 4.98 Å². The number of rotatable bonds is 5. The van der Waals surface area contributed by atoms with E-state index in [4.69, 9.17) is 0 Å². The predicted octanol–water partition coefficient (Wildman–Crippen LogP) is 5.20. The second-order valence-corrected chi connectivity index (χ2v) is 8.23. The number of fused-ring (bicyclic) bond motifs is 1. The molecule has 2 heterocycles. The molecular weight excluding hydrogens is 394 g/mol. The lowest BCUT2D eigenvalue weighted by Gasteiger charge is -2.15. The zero-order valence-electron chi connectivity index (χ0n) is 17.2. The molecule has 5 nitrogen and oxygen atoms in total. The summed E-state index contributed by atoms with van der Waals surface area (Å²) in [6.07, 6.45) is 2.40. The van der Waals surface area contributed by atoms with Gasteiger partial charge in [0.15, 0.2) is 0 Å². The Kier molecular flexibility index (Phi) is 5.50. The van der Waals surface area contributed by atoms with Crippen molar-refractivity contribution in [2.45, 2.75) is 33.2 Å². The van der Waals surface area contributed by atoms with Crippen LogP contribution in [0.3, 0.4) is 0 Å². The van der Waals surface area contributed by atoms with Gasteiger partial charge in [-0.1, -0.05) is 48.9 Å². The fourth-order valence-corrected chi connectivity index (χ4v) is 4.27. The maximum absolute atomic E-state index is 13.3. The van der Waals surface area contributed by atoms with Crippen molar-refractivity contribution in [3.63, 3.8) is 0 Å². The van der Waals surface area contributed by atoms with Gasteiger partial charge in [-0.05, 0) is 43.5 Å². The van der Waals surface area contributed by atoms with Crippen LogP contribution < -0.4 is 10.9 Å². The van der Waals surface area contributed by atoms with Gasteiger partial charge in [-0.3, -0.25) is 14.2 Å². The highest BCUT2D eigenvalue weighted by Gasteiger charge is 2.20. The summed E-state index contributed by atoms with van der Waals surface area (Å²) in [4.78, 5) is 31.2. The monoisotopic (exact) mass is 417 g/mol. The molecule has 4 aromatic rings. The molecular formula is C24H23N3O2S. The van der Waals surface area contributed by atoms with E-state index in [1.807, 2.05) is 60.8 Å². The van der Waals surface area contributed by atoms with Gasteiger partial charge in [0, 0.05) is 16.6 Å². The molecule has 30 heavy (non-hydrogen) atoms. The molecule has 1 amide bonds. The standard InChI is InChI=1S/C24H23N3O2S/c1-4-17-7-11-19(12-8-17)26-22(28)16(3)27-14-25-23-21(24(27)29)20(13-30-23)18-9-5-15(2)6-10-18/h5-14,16H,4H2,1-3H3,(H,26,28)/t16-/m0/s1. The molecule has 0 saturated carbocycles. The van der Waals surface area contributed by atoms with Crippen LogP contribution in [-0.4, -0.2) is 15.5 Å². The minimum absolute atomic E-state index is 0.208. The molecule has 0 aliphatic carbocycles. The molecule has 2 aromatic heterocycles. The Morgan fingerprint density at radius 1 is 1.13 bits per heavy atom. The first-order valence-electron chi connectivity index (χ1n) is 9.93. The number of nitrogens with one attached hydrogen (secondary N) is 1. The van der Waals surface area contributed by atoms with E-state index >= 15 is 0 Å². The molecule has 1 N–H and O–H groups in total. The molecule has 0 fully saturated rings. The quantitative estimate of drug-likeness (QED) is 0.486. The lowest BCUT2D eigenvalue weighted by molar-refractivity contribution is -0.118. The number of carbonyl (C=O) groups is 1. The van der Waals surface area contributed by atoms with Gasteiger partial charge in [-0.15, -0.1) is 11.3 Å². The molecule has 6 heteroatoms. The van der Waals surface area contributed by atoms with Crippen molar-refractivity contribution in [3.8, 4) is 11.1 Å². The average molecular weight is 418 g/mol. The number of hydrogen-bond donors (Lipinski definition) is 1. The van der Waals surface area contributed by atoms with Crippen LogP contribution in [0.25, 0.3) is 21.3 Å².